The number of aliphatic carboxylic acids is 2. The number of nitrogens with zero attached hydrogens (tertiary/aromatic N) is 5. The van der Waals surface area contributed by atoms with Crippen LogP contribution in [0, 0.1) is 40.4 Å². The molecule has 4 aliphatic carbocycles. The first-order chi connectivity index (χ1) is 63.9. The number of thioether (sulfide) groups is 1. The first-order valence-corrected chi connectivity index (χ1v) is 48.7. The van der Waals surface area contributed by atoms with Crippen molar-refractivity contribution in [2.75, 3.05) is 101 Å². The number of Topliss-reactive ketones (excluding diaryl/α,β-unsaturated/α-hetero) is 2. The van der Waals surface area contributed by atoms with Gasteiger partial charge in [-0.3, -0.25) is 63.0 Å². The molecular weight excluding hydrogens is 1790 g/mol. The number of fused-ring (bicyclic) bond motifs is 10. The Labute approximate surface area is 785 Å². The summed E-state index contributed by atoms with van der Waals surface area (Å²) in [7, 11) is 8.75. The number of rotatable bonds is 38. The molecule has 8 heterocycles. The van der Waals surface area contributed by atoms with Crippen molar-refractivity contribution >= 4 is 144 Å². The highest BCUT2D eigenvalue weighted by molar-refractivity contribution is 8.76. The third-order valence-corrected chi connectivity index (χ3v) is 33.3. The molecule has 7 aliphatic heterocycles. The number of esters is 1. The van der Waals surface area contributed by atoms with Crippen molar-refractivity contribution in [3.05, 3.63) is 123 Å². The molecule has 6 fully saturated rings. The summed E-state index contributed by atoms with van der Waals surface area (Å²) in [6.45, 7) is 9.81. The summed E-state index contributed by atoms with van der Waals surface area (Å²) in [6.07, 6.45) is 3.54. The number of carboxylic acid groups (broad SMARTS) is 2. The number of methoxy groups -OCH3 is 3. The number of carbonyl (C=O) groups is 13. The summed E-state index contributed by atoms with van der Waals surface area (Å²) in [5, 5.41) is 90.4. The molecule has 2 bridgehead atoms. The van der Waals surface area contributed by atoms with Crippen LogP contribution < -0.4 is 68.6 Å². The Kier molecular flexibility index (Phi) is 28.0. The number of aromatic nitrogens is 1. The van der Waals surface area contributed by atoms with Gasteiger partial charge in [0.2, 0.25) is 47.0 Å². The van der Waals surface area contributed by atoms with Gasteiger partial charge in [0, 0.05) is 158 Å². The number of aliphatic hydroxyl groups excluding tert-OH is 1. The minimum absolute atomic E-state index is 0.00413. The number of primary amides is 1. The van der Waals surface area contributed by atoms with E-state index in [9.17, 15) is 78.3 Å². The minimum Gasteiger partial charge on any atom is -0.496 e. The van der Waals surface area contributed by atoms with Crippen molar-refractivity contribution in [3.8, 4) is 5.75 Å². The van der Waals surface area contributed by atoms with Gasteiger partial charge in [-0.05, 0) is 130 Å². The van der Waals surface area contributed by atoms with Crippen LogP contribution in [-0.2, 0) is 89.1 Å². The molecular formula is C92H117N17O22S3. The van der Waals surface area contributed by atoms with Crippen molar-refractivity contribution in [1.82, 2.24) is 57.4 Å². The smallest absolute Gasteiger partial charge is 0.404 e. The molecule has 720 valence electrons. The molecule has 4 aromatic rings. The fraction of sp³-hybridized carbons (Fsp3) is 0.554. The summed E-state index contributed by atoms with van der Waals surface area (Å²) < 4.78 is 23.7. The number of likely N-dealkylation sites (N-methyl/N-ethyl adjacent to an activating group) is 1. The Morgan fingerprint density at radius 2 is 1.57 bits per heavy atom. The van der Waals surface area contributed by atoms with Crippen molar-refractivity contribution in [2.24, 2.45) is 51.6 Å². The van der Waals surface area contributed by atoms with E-state index in [1.807, 2.05) is 67.3 Å². The van der Waals surface area contributed by atoms with Crippen LogP contribution in [0.25, 0.3) is 10.9 Å². The Morgan fingerprint density at radius 1 is 0.851 bits per heavy atom. The predicted molar refractivity (Wildman–Crippen MR) is 495 cm³/mol. The van der Waals surface area contributed by atoms with Gasteiger partial charge in [-0.1, -0.05) is 84.8 Å². The van der Waals surface area contributed by atoms with E-state index in [0.717, 1.165) is 38.7 Å². The lowest BCUT2D eigenvalue weighted by atomic mass is 9.44. The number of aliphatic hydroxyl groups is 3. The second-order valence-electron chi connectivity index (χ2n) is 37.0. The number of hydrazone groups is 1. The van der Waals surface area contributed by atoms with Crippen LogP contribution >= 0.6 is 33.3 Å². The normalized spacial score (nSPS) is 29.8. The van der Waals surface area contributed by atoms with E-state index in [1.165, 1.54) is 61.8 Å². The number of carbonyl (C=O) groups excluding carboxylic acids is 11. The number of amides is 8. The summed E-state index contributed by atoms with van der Waals surface area (Å²) in [5.41, 5.74) is 10.3. The van der Waals surface area contributed by atoms with Crippen LogP contribution in [0.15, 0.2) is 100 Å². The molecule has 2 saturated carbocycles. The van der Waals surface area contributed by atoms with Crippen molar-refractivity contribution in [3.63, 3.8) is 0 Å². The van der Waals surface area contributed by atoms with Crippen molar-refractivity contribution in [1.29, 1.82) is 5.41 Å². The number of piperazine rings is 1. The number of aromatic amines is 1. The number of allylic oxidation sites excluding steroid dienone is 3. The number of anilines is 2. The molecule has 4 saturated heterocycles. The van der Waals surface area contributed by atoms with E-state index in [1.54, 1.807) is 38.1 Å². The molecule has 1 spiro atoms. The van der Waals surface area contributed by atoms with Gasteiger partial charge in [0.05, 0.1) is 72.3 Å². The van der Waals surface area contributed by atoms with Gasteiger partial charge in [0.15, 0.2) is 17.3 Å². The zero-order chi connectivity index (χ0) is 96.3. The quantitative estimate of drug-likeness (QED) is 0.00292. The molecule has 15 rings (SSSR count). The fourth-order valence-electron chi connectivity index (χ4n) is 23.4. The monoisotopic (exact) mass is 1910 g/mol. The van der Waals surface area contributed by atoms with Crippen LogP contribution in [0.5, 0.6) is 5.75 Å². The first kappa shape index (κ1) is 97.4. The third kappa shape index (κ3) is 17.2. The zero-order valence-electron chi connectivity index (χ0n) is 76.0. The van der Waals surface area contributed by atoms with Gasteiger partial charge in [0.1, 0.15) is 42.0 Å². The minimum atomic E-state index is -2.60. The average Bonchev–Trinajstić information content (AvgIpc) is 1.48. The van der Waals surface area contributed by atoms with Gasteiger partial charge < -0.3 is 108 Å². The largest absolute Gasteiger partial charge is 0.496 e. The lowest BCUT2D eigenvalue weighted by Crippen LogP contribution is -2.79. The summed E-state index contributed by atoms with van der Waals surface area (Å²) in [4.78, 5) is 191. The number of nitrogens with two attached hydrogens (primary N) is 2. The molecule has 39 nitrogen and oxygen atoms in total. The molecule has 1 aromatic heterocycles. The number of carboxylic acids is 2. The number of imide groups is 1. The predicted octanol–water partition coefficient (Wildman–Crippen LogP) is 2.25. The highest BCUT2D eigenvalue weighted by Crippen LogP contribution is 2.73. The molecule has 134 heavy (non-hydrogen) atoms. The number of H-pyrrole nitrogens is 1. The number of hydrogen-bond acceptors (Lipinski definition) is 30. The Balaban J connectivity index is 0.607. The maximum Gasteiger partial charge on any atom is 0.404 e. The second kappa shape index (κ2) is 38.6. The fourth-order valence-corrected chi connectivity index (χ4v) is 26.5. The van der Waals surface area contributed by atoms with E-state index in [4.69, 9.17) is 35.8 Å². The first-order valence-electron chi connectivity index (χ1n) is 45.2. The Hall–Kier alpha value is -11.1. The number of ether oxygens (including phenoxy) is 4. The maximum atomic E-state index is 15.7. The summed E-state index contributed by atoms with van der Waals surface area (Å²) >= 11 is 0.734. The highest BCUT2D eigenvalue weighted by Gasteiger charge is 2.79. The van der Waals surface area contributed by atoms with Crippen LogP contribution in [0.1, 0.15) is 140 Å². The summed E-state index contributed by atoms with van der Waals surface area (Å²) in [6, 6.07) is 11.0. The Morgan fingerprint density at radius 3 is 2.27 bits per heavy atom. The number of benzene rings is 3. The van der Waals surface area contributed by atoms with Crippen molar-refractivity contribution in [2.45, 2.75) is 194 Å². The van der Waals surface area contributed by atoms with E-state index in [-0.39, 0.29) is 120 Å². The van der Waals surface area contributed by atoms with E-state index in [0.29, 0.717) is 105 Å². The van der Waals surface area contributed by atoms with Gasteiger partial charge in [-0.25, -0.2) is 19.9 Å². The van der Waals surface area contributed by atoms with E-state index < -0.39 is 177 Å². The number of nitrogens with one attached hydrogen (secondary N) is 10. The lowest BCUT2D eigenvalue weighted by molar-refractivity contribution is -0.208. The maximum absolute atomic E-state index is 15.7. The second-order valence-corrected chi connectivity index (χ2v) is 40.9. The van der Waals surface area contributed by atoms with Crippen LogP contribution in [0.3, 0.4) is 0 Å². The molecule has 19 N–H and O–H groups in total. The van der Waals surface area contributed by atoms with Gasteiger partial charge in [0.25, 0.3) is 5.91 Å². The van der Waals surface area contributed by atoms with Crippen molar-refractivity contribution < 1.29 is 107 Å². The van der Waals surface area contributed by atoms with E-state index >= 15 is 9.59 Å². The van der Waals surface area contributed by atoms with Gasteiger partial charge in [-0.2, -0.15) is 5.10 Å². The lowest BCUT2D eigenvalue weighted by Gasteiger charge is -2.63. The number of hydrogen-bond donors (Lipinski definition) is 17. The number of para-hydroxylation sites is 1. The molecule has 20 atom stereocenters. The number of ketones is 2. The molecule has 0 radical (unpaired) electrons. The van der Waals surface area contributed by atoms with Gasteiger partial charge in [-0.15, -0.1) is 11.8 Å². The molecule has 3 unspecified atom stereocenters. The zero-order valence-corrected chi connectivity index (χ0v) is 78.4. The molecule has 8 amide bonds. The van der Waals surface area contributed by atoms with E-state index in [2.05, 4.69) is 57.6 Å². The Bertz CT molecular complexity index is 5580. The topological polar surface area (TPSA) is 583 Å². The van der Waals surface area contributed by atoms with Crippen LogP contribution in [0.2, 0.25) is 0 Å². The SMILES string of the molecule is CC[C@]1(O)C[C@H]2CN(Cc3c([nH]c4ccccc34)[C@@](C(=O)OC)(c3cc4c(cc3OC)N(C)[C@H]3[C@@](O)(C(=O)N/N=C(\C)c5ccc(N6C(=O)CC(SC[C@H](NC(=O)[C@H](CNC(=O)CCSSCCNC7=C(C)C(=O)C8=C(C7=O)[C@@H](COC(N)=O)[C@@]7(OC)[C@H]9N[C@H]9CN87)NC(=O)[C@H](CC(=O)O)NC(=O)[C@@H](C)CCCNC(=N)N)C(=O)O)C6=O)cc5)[C@H](O)[C@]5(CC)C=CCC6CC[C@]43[C@@H]65)C2)C1. The van der Waals surface area contributed by atoms with Crippen LogP contribution in [-0.4, -0.2) is 285 Å². The number of guanidine groups is 1. The number of piperidine rings is 1. The molecule has 3 aromatic carbocycles. The highest BCUT2D eigenvalue weighted by atomic mass is 33.1. The molecule has 11 aliphatic rings. The standard InChI is InChI=1S/C92H117N17O22S3/c1-10-87(126)36-48-37-90(84(124)129-8,74-53(40-107(39-48)44-87)52-18-12-13-19-57(52)99-74)55-32-54-62(34-63(55)128-7)106(6)81-89(54)27-24-50-17-14-26-88(11-2,73(50)89)82(122)91(81,127)83(123)105-104-47(5)49-20-22-51(23-21-49)109-66(111)35-64(79(109)119)132-43-61(80(120)121)103-78(118)59(102-77(117)58(33-67(112)113)101-76(116)45(3)16-15-28-97-85(93)94)38-98-65(110)25-30-133-134-31-29-96-69-46(4)71(114)70-68(72(69)115)56(42-131-86(95)125)92(130-9)75-60(100-75)41-108(70)92/h12-14,18-23,26,32,34,45,48,50,56,58-61,64,73,75,81-82,96,99-100,122,126-127H,10-11,15-17,24-25,27-31,33,35-44H2,1-9H3,(H2,95,125)(H,98,110)(H,101,116)(H,102,117)(H,103,118)(H,105,123)(H,112,113)(H,120,121)(H4,93,94,97)/b104-47+/t45-,48+,50?,56+,58-,59-,60-,61-,64?,73-,75-,81+,82+,87-,88+,89+,90-,91-,92+/m0/s1. The summed E-state index contributed by atoms with van der Waals surface area (Å²) in [5.74, 6) is -12.9. The average molecular weight is 1910 g/mol. The third-order valence-electron chi connectivity index (χ3n) is 29.6. The van der Waals surface area contributed by atoms with Gasteiger partial charge >= 0.3 is 24.0 Å². The molecule has 42 heteroatoms. The van der Waals surface area contributed by atoms with Crippen LogP contribution in [0.4, 0.5) is 16.2 Å².